The number of likely N-dealkylation sites (tertiary alicyclic amines) is 1. The van der Waals surface area contributed by atoms with Gasteiger partial charge in [-0.3, -0.25) is 9.59 Å². The third-order valence-electron chi connectivity index (χ3n) is 6.02. The molecule has 1 fully saturated rings. The van der Waals surface area contributed by atoms with Crippen molar-refractivity contribution in [1.29, 1.82) is 0 Å². The Morgan fingerprint density at radius 2 is 1.72 bits per heavy atom. The molecule has 0 saturated carbocycles. The van der Waals surface area contributed by atoms with Gasteiger partial charge in [0.2, 0.25) is 0 Å². The summed E-state index contributed by atoms with van der Waals surface area (Å²) in [6.45, 7) is 1.12. The second-order valence-electron chi connectivity index (χ2n) is 7.87. The number of hydrogen-bond donors (Lipinski definition) is 1. The minimum Gasteiger partial charge on any atom is -0.392 e. The SMILES string of the molecule is Cn1c(=O)c(C(=O)N2CCC([C@H](O)Cc3ccccc3)CC2)cc2ccccc21. The molecule has 5 nitrogen and oxygen atoms in total. The van der Waals surface area contributed by atoms with Crippen LogP contribution in [0.3, 0.4) is 0 Å². The predicted octanol–water partition coefficient (Wildman–Crippen LogP) is 2.99. The van der Waals surface area contributed by atoms with Crippen LogP contribution in [0.1, 0.15) is 28.8 Å². The minimum absolute atomic E-state index is 0.165. The highest BCUT2D eigenvalue weighted by Crippen LogP contribution is 2.24. The zero-order valence-corrected chi connectivity index (χ0v) is 16.6. The number of aliphatic hydroxyl groups excluding tert-OH is 1. The number of carbonyl (C=O) groups is 1. The molecule has 29 heavy (non-hydrogen) atoms. The highest BCUT2D eigenvalue weighted by molar-refractivity contribution is 5.97. The van der Waals surface area contributed by atoms with Crippen LogP contribution in [0.15, 0.2) is 65.5 Å². The number of aliphatic hydroxyl groups is 1. The largest absolute Gasteiger partial charge is 0.392 e. The molecule has 1 saturated heterocycles. The number of piperidine rings is 1. The molecule has 0 spiro atoms. The molecule has 0 aliphatic carbocycles. The summed E-state index contributed by atoms with van der Waals surface area (Å²) in [6, 6.07) is 19.3. The van der Waals surface area contributed by atoms with E-state index in [1.807, 2.05) is 54.6 Å². The highest BCUT2D eigenvalue weighted by atomic mass is 16.3. The topological polar surface area (TPSA) is 62.5 Å². The van der Waals surface area contributed by atoms with Crippen molar-refractivity contribution in [2.45, 2.75) is 25.4 Å². The minimum atomic E-state index is -0.414. The standard InChI is InChI=1S/C24H26N2O3/c1-25-21-10-6-5-9-19(21)16-20(23(25)28)24(29)26-13-11-18(12-14-26)22(27)15-17-7-3-2-4-8-17/h2-10,16,18,22,27H,11-15H2,1H3/t22-/m1/s1. The Balaban J connectivity index is 1.45. The van der Waals surface area contributed by atoms with E-state index in [-0.39, 0.29) is 22.9 Å². The van der Waals surface area contributed by atoms with Crippen LogP contribution in [0.25, 0.3) is 10.9 Å². The fraction of sp³-hybridized carbons (Fsp3) is 0.333. The molecule has 2 heterocycles. The molecule has 1 amide bonds. The Kier molecular flexibility index (Phi) is 5.49. The van der Waals surface area contributed by atoms with E-state index in [2.05, 4.69) is 0 Å². The van der Waals surface area contributed by atoms with E-state index in [1.54, 1.807) is 22.6 Å². The summed E-state index contributed by atoms with van der Waals surface area (Å²) in [5, 5.41) is 11.5. The van der Waals surface area contributed by atoms with Gasteiger partial charge in [-0.25, -0.2) is 0 Å². The van der Waals surface area contributed by atoms with E-state index in [0.717, 1.165) is 29.3 Å². The number of aromatic nitrogens is 1. The number of carbonyl (C=O) groups excluding carboxylic acids is 1. The fourth-order valence-corrected chi connectivity index (χ4v) is 4.26. The van der Waals surface area contributed by atoms with E-state index in [4.69, 9.17) is 0 Å². The zero-order valence-electron chi connectivity index (χ0n) is 16.6. The van der Waals surface area contributed by atoms with Crippen LogP contribution in [0.2, 0.25) is 0 Å². The Bertz CT molecular complexity index is 1070. The number of fused-ring (bicyclic) bond motifs is 1. The van der Waals surface area contributed by atoms with Crippen molar-refractivity contribution < 1.29 is 9.90 Å². The molecule has 1 aromatic heterocycles. The molecule has 0 radical (unpaired) electrons. The number of aryl methyl sites for hydroxylation is 1. The lowest BCUT2D eigenvalue weighted by atomic mass is 9.87. The lowest BCUT2D eigenvalue weighted by Gasteiger charge is -2.34. The summed E-state index contributed by atoms with van der Waals surface area (Å²) < 4.78 is 1.54. The van der Waals surface area contributed by atoms with Gasteiger partial charge in [0.1, 0.15) is 5.56 Å². The van der Waals surface area contributed by atoms with E-state index < -0.39 is 6.10 Å². The molecule has 2 aromatic carbocycles. The molecule has 1 aliphatic heterocycles. The first-order valence-corrected chi connectivity index (χ1v) is 10.1. The molecule has 0 bridgehead atoms. The van der Waals surface area contributed by atoms with Crippen molar-refractivity contribution in [3.63, 3.8) is 0 Å². The van der Waals surface area contributed by atoms with Gasteiger partial charge in [0.15, 0.2) is 0 Å². The summed E-state index contributed by atoms with van der Waals surface area (Å²) in [4.78, 5) is 27.5. The average molecular weight is 390 g/mol. The van der Waals surface area contributed by atoms with Crippen molar-refractivity contribution in [2.24, 2.45) is 13.0 Å². The first-order chi connectivity index (χ1) is 14.0. The van der Waals surface area contributed by atoms with Crippen LogP contribution in [0, 0.1) is 5.92 Å². The van der Waals surface area contributed by atoms with Gasteiger partial charge in [-0.1, -0.05) is 48.5 Å². The predicted molar refractivity (Wildman–Crippen MR) is 114 cm³/mol. The number of hydrogen-bond acceptors (Lipinski definition) is 3. The molecular formula is C24H26N2O3. The molecule has 4 rings (SSSR count). The molecule has 1 atom stereocenters. The van der Waals surface area contributed by atoms with Gasteiger partial charge in [0.05, 0.1) is 11.6 Å². The molecule has 1 aliphatic rings. The van der Waals surface area contributed by atoms with Crippen molar-refractivity contribution in [2.75, 3.05) is 13.1 Å². The second kappa shape index (κ2) is 8.21. The van der Waals surface area contributed by atoms with E-state index in [0.29, 0.717) is 19.5 Å². The fourth-order valence-electron chi connectivity index (χ4n) is 4.26. The Hall–Kier alpha value is -2.92. The third kappa shape index (κ3) is 3.96. The Morgan fingerprint density at radius 1 is 1.07 bits per heavy atom. The number of nitrogens with zero attached hydrogens (tertiary/aromatic N) is 2. The smallest absolute Gasteiger partial charge is 0.263 e. The van der Waals surface area contributed by atoms with E-state index in [9.17, 15) is 14.7 Å². The van der Waals surface area contributed by atoms with Crippen LogP contribution >= 0.6 is 0 Å². The monoisotopic (exact) mass is 390 g/mol. The Labute approximate surface area is 170 Å². The van der Waals surface area contributed by atoms with Gasteiger partial charge < -0.3 is 14.6 Å². The van der Waals surface area contributed by atoms with Gasteiger partial charge >= 0.3 is 0 Å². The number of benzene rings is 2. The summed E-state index contributed by atoms with van der Waals surface area (Å²) in [6.07, 6.45) is 1.70. The molecule has 5 heteroatoms. The Morgan fingerprint density at radius 3 is 2.45 bits per heavy atom. The van der Waals surface area contributed by atoms with Gasteiger partial charge in [0.25, 0.3) is 11.5 Å². The van der Waals surface area contributed by atoms with Crippen LogP contribution < -0.4 is 5.56 Å². The highest BCUT2D eigenvalue weighted by Gasteiger charge is 2.29. The summed E-state index contributed by atoms with van der Waals surface area (Å²) in [7, 11) is 1.70. The van der Waals surface area contributed by atoms with Crippen LogP contribution in [-0.2, 0) is 13.5 Å². The summed E-state index contributed by atoms with van der Waals surface area (Å²) in [5.41, 5.74) is 1.89. The molecule has 150 valence electrons. The number of para-hydroxylation sites is 1. The summed E-state index contributed by atoms with van der Waals surface area (Å²) in [5.74, 6) is -0.0500. The van der Waals surface area contributed by atoms with E-state index in [1.165, 1.54) is 0 Å². The normalized spacial score (nSPS) is 16.1. The number of pyridine rings is 1. The number of amides is 1. The first-order valence-electron chi connectivity index (χ1n) is 10.1. The molecular weight excluding hydrogens is 364 g/mol. The third-order valence-corrected chi connectivity index (χ3v) is 6.02. The quantitative estimate of drug-likeness (QED) is 0.745. The first kappa shape index (κ1) is 19.4. The summed E-state index contributed by atoms with van der Waals surface area (Å²) >= 11 is 0. The van der Waals surface area contributed by atoms with Crippen LogP contribution in [-0.4, -0.2) is 39.7 Å². The van der Waals surface area contributed by atoms with Crippen molar-refractivity contribution >= 4 is 16.8 Å². The van der Waals surface area contributed by atoms with Crippen molar-refractivity contribution in [3.05, 3.63) is 82.1 Å². The van der Waals surface area contributed by atoms with Crippen LogP contribution in [0.4, 0.5) is 0 Å². The van der Waals surface area contributed by atoms with Gasteiger partial charge in [0, 0.05) is 20.1 Å². The maximum Gasteiger partial charge on any atom is 0.263 e. The molecule has 3 aromatic rings. The van der Waals surface area contributed by atoms with Crippen LogP contribution in [0.5, 0.6) is 0 Å². The maximum absolute atomic E-state index is 13.0. The lowest BCUT2D eigenvalue weighted by molar-refractivity contribution is 0.0466. The van der Waals surface area contributed by atoms with Gasteiger partial charge in [-0.05, 0) is 48.3 Å². The number of rotatable bonds is 4. The van der Waals surface area contributed by atoms with E-state index >= 15 is 0 Å². The van der Waals surface area contributed by atoms with Gasteiger partial charge in [-0.15, -0.1) is 0 Å². The molecule has 0 unspecified atom stereocenters. The lowest BCUT2D eigenvalue weighted by Crippen LogP contribution is -2.43. The van der Waals surface area contributed by atoms with Crippen molar-refractivity contribution in [1.82, 2.24) is 9.47 Å². The second-order valence-corrected chi connectivity index (χ2v) is 7.87. The molecule has 1 N–H and O–H groups in total. The van der Waals surface area contributed by atoms with Gasteiger partial charge in [-0.2, -0.15) is 0 Å². The zero-order chi connectivity index (χ0) is 20.4. The maximum atomic E-state index is 13.0. The van der Waals surface area contributed by atoms with Crippen molar-refractivity contribution in [3.8, 4) is 0 Å². The average Bonchev–Trinajstić information content (AvgIpc) is 2.76.